The van der Waals surface area contributed by atoms with Crippen LogP contribution in [0.1, 0.15) is 36.1 Å². The molecule has 0 spiro atoms. The number of aromatic nitrogens is 1. The molecule has 0 bridgehead atoms. The lowest BCUT2D eigenvalue weighted by molar-refractivity contribution is -0.133. The SMILES string of the molecule is CCC(C(=O)N1CCc2[nH]c3ccc(Cl)cc3c2C1)c1ccccc1. The van der Waals surface area contributed by atoms with Crippen molar-refractivity contribution in [2.24, 2.45) is 0 Å². The molecule has 1 N–H and O–H groups in total. The minimum absolute atomic E-state index is 0.0726. The van der Waals surface area contributed by atoms with Crippen LogP contribution in [0.2, 0.25) is 5.02 Å². The van der Waals surface area contributed by atoms with Crippen molar-refractivity contribution in [3.63, 3.8) is 0 Å². The Labute approximate surface area is 152 Å². The van der Waals surface area contributed by atoms with Crippen molar-refractivity contribution in [2.75, 3.05) is 6.54 Å². The molecular formula is C21H21ClN2O. The van der Waals surface area contributed by atoms with E-state index in [2.05, 4.69) is 11.9 Å². The molecule has 4 heteroatoms. The number of carbonyl (C=O) groups excluding carboxylic acids is 1. The fourth-order valence-electron chi connectivity index (χ4n) is 3.83. The van der Waals surface area contributed by atoms with Crippen molar-refractivity contribution in [1.29, 1.82) is 0 Å². The molecule has 4 rings (SSSR count). The molecular weight excluding hydrogens is 332 g/mol. The van der Waals surface area contributed by atoms with Crippen LogP contribution in [0.4, 0.5) is 0 Å². The van der Waals surface area contributed by atoms with E-state index in [0.29, 0.717) is 6.54 Å². The summed E-state index contributed by atoms with van der Waals surface area (Å²) in [5, 5.41) is 1.86. The third-order valence-electron chi connectivity index (χ3n) is 5.16. The van der Waals surface area contributed by atoms with Crippen molar-refractivity contribution in [2.45, 2.75) is 32.2 Å². The summed E-state index contributed by atoms with van der Waals surface area (Å²) >= 11 is 6.18. The van der Waals surface area contributed by atoms with Gasteiger partial charge in [-0.25, -0.2) is 0 Å². The molecule has 1 aromatic heterocycles. The van der Waals surface area contributed by atoms with Gasteiger partial charge in [-0.1, -0.05) is 48.9 Å². The average molecular weight is 353 g/mol. The molecule has 2 aromatic carbocycles. The van der Waals surface area contributed by atoms with Crippen LogP contribution in [0.5, 0.6) is 0 Å². The van der Waals surface area contributed by atoms with Gasteiger partial charge in [-0.05, 0) is 30.2 Å². The van der Waals surface area contributed by atoms with Gasteiger partial charge in [-0.3, -0.25) is 4.79 Å². The quantitative estimate of drug-likeness (QED) is 0.715. The first-order valence-corrected chi connectivity index (χ1v) is 9.18. The number of hydrogen-bond acceptors (Lipinski definition) is 1. The highest BCUT2D eigenvalue weighted by molar-refractivity contribution is 6.31. The number of aromatic amines is 1. The highest BCUT2D eigenvalue weighted by Gasteiger charge is 2.29. The third kappa shape index (κ3) is 2.93. The summed E-state index contributed by atoms with van der Waals surface area (Å²) in [4.78, 5) is 18.6. The number of halogens is 1. The summed E-state index contributed by atoms with van der Waals surface area (Å²) in [5.74, 6) is 0.146. The normalized spacial score (nSPS) is 15.2. The summed E-state index contributed by atoms with van der Waals surface area (Å²) in [6, 6.07) is 16.0. The van der Waals surface area contributed by atoms with E-state index in [9.17, 15) is 4.79 Å². The molecule has 128 valence electrons. The minimum Gasteiger partial charge on any atom is -0.358 e. The van der Waals surface area contributed by atoms with E-state index in [4.69, 9.17) is 11.6 Å². The Kier molecular flexibility index (Phi) is 4.26. The van der Waals surface area contributed by atoms with E-state index < -0.39 is 0 Å². The molecule has 1 atom stereocenters. The Morgan fingerprint density at radius 1 is 1.24 bits per heavy atom. The largest absolute Gasteiger partial charge is 0.358 e. The van der Waals surface area contributed by atoms with Gasteiger partial charge in [0.1, 0.15) is 0 Å². The molecule has 0 radical (unpaired) electrons. The Morgan fingerprint density at radius 2 is 2.04 bits per heavy atom. The molecule has 3 nitrogen and oxygen atoms in total. The molecule has 0 saturated carbocycles. The number of H-pyrrole nitrogens is 1. The lowest BCUT2D eigenvalue weighted by atomic mass is 9.93. The molecule has 0 fully saturated rings. The Bertz CT molecular complexity index is 916. The van der Waals surface area contributed by atoms with Gasteiger partial charge in [-0.15, -0.1) is 0 Å². The van der Waals surface area contributed by atoms with E-state index in [0.717, 1.165) is 40.9 Å². The number of carbonyl (C=O) groups is 1. The van der Waals surface area contributed by atoms with E-state index >= 15 is 0 Å². The second-order valence-corrected chi connectivity index (χ2v) is 7.09. The lowest BCUT2D eigenvalue weighted by Gasteiger charge is -2.30. The fourth-order valence-corrected chi connectivity index (χ4v) is 4.01. The van der Waals surface area contributed by atoms with Crippen molar-refractivity contribution in [3.8, 4) is 0 Å². The summed E-state index contributed by atoms with van der Waals surface area (Å²) in [6.45, 7) is 3.49. The summed E-state index contributed by atoms with van der Waals surface area (Å²) in [7, 11) is 0. The van der Waals surface area contributed by atoms with Crippen molar-refractivity contribution in [3.05, 3.63) is 70.4 Å². The van der Waals surface area contributed by atoms with Gasteiger partial charge >= 0.3 is 0 Å². The lowest BCUT2D eigenvalue weighted by Crippen LogP contribution is -2.38. The predicted molar refractivity (Wildman–Crippen MR) is 102 cm³/mol. The van der Waals surface area contributed by atoms with Crippen LogP contribution in [-0.2, 0) is 17.8 Å². The second-order valence-electron chi connectivity index (χ2n) is 6.65. The predicted octanol–water partition coefficient (Wildman–Crippen LogP) is 4.90. The molecule has 25 heavy (non-hydrogen) atoms. The Balaban J connectivity index is 1.64. The molecule has 1 unspecified atom stereocenters. The van der Waals surface area contributed by atoms with Crippen LogP contribution in [0.3, 0.4) is 0 Å². The maximum absolute atomic E-state index is 13.2. The fraction of sp³-hybridized carbons (Fsp3) is 0.286. The topological polar surface area (TPSA) is 36.1 Å². The zero-order valence-corrected chi connectivity index (χ0v) is 15.0. The van der Waals surface area contributed by atoms with Crippen LogP contribution < -0.4 is 0 Å². The van der Waals surface area contributed by atoms with Crippen molar-refractivity contribution >= 4 is 28.4 Å². The number of rotatable bonds is 3. The number of fused-ring (bicyclic) bond motifs is 3. The first-order valence-electron chi connectivity index (χ1n) is 8.80. The van der Waals surface area contributed by atoms with Gasteiger partial charge in [-0.2, -0.15) is 0 Å². The van der Waals surface area contributed by atoms with E-state index in [-0.39, 0.29) is 11.8 Å². The summed E-state index contributed by atoms with van der Waals surface area (Å²) in [6.07, 6.45) is 1.67. The van der Waals surface area contributed by atoms with Crippen LogP contribution in [0, 0.1) is 0 Å². The number of nitrogens with zero attached hydrogens (tertiary/aromatic N) is 1. The number of amides is 1. The van der Waals surface area contributed by atoms with Gasteiger partial charge in [0.15, 0.2) is 0 Å². The van der Waals surface area contributed by atoms with E-state index in [1.165, 1.54) is 11.3 Å². The van der Waals surface area contributed by atoms with E-state index in [1.807, 2.05) is 53.4 Å². The molecule has 0 aliphatic carbocycles. The van der Waals surface area contributed by atoms with Crippen molar-refractivity contribution in [1.82, 2.24) is 9.88 Å². The molecule has 1 amide bonds. The highest BCUT2D eigenvalue weighted by atomic mass is 35.5. The minimum atomic E-state index is -0.0726. The van der Waals surface area contributed by atoms with Gasteiger partial charge in [0.25, 0.3) is 0 Å². The van der Waals surface area contributed by atoms with E-state index in [1.54, 1.807) is 0 Å². The Hall–Kier alpha value is -2.26. The maximum atomic E-state index is 13.2. The molecule has 3 aromatic rings. The highest BCUT2D eigenvalue weighted by Crippen LogP contribution is 2.31. The zero-order valence-electron chi connectivity index (χ0n) is 14.3. The van der Waals surface area contributed by atoms with Gasteiger partial charge < -0.3 is 9.88 Å². The van der Waals surface area contributed by atoms with Gasteiger partial charge in [0.2, 0.25) is 5.91 Å². The smallest absolute Gasteiger partial charge is 0.230 e. The molecule has 1 aliphatic heterocycles. The standard InChI is InChI=1S/C21H21ClN2O/c1-2-16(14-6-4-3-5-7-14)21(25)24-11-10-20-18(13-24)17-12-15(22)8-9-19(17)23-20/h3-9,12,16,23H,2,10-11,13H2,1H3. The average Bonchev–Trinajstić information content (AvgIpc) is 3.00. The molecule has 1 aliphatic rings. The van der Waals surface area contributed by atoms with Crippen LogP contribution in [0.25, 0.3) is 10.9 Å². The van der Waals surface area contributed by atoms with Crippen LogP contribution >= 0.6 is 11.6 Å². The third-order valence-corrected chi connectivity index (χ3v) is 5.39. The second kappa shape index (κ2) is 6.57. The number of hydrogen-bond donors (Lipinski definition) is 1. The van der Waals surface area contributed by atoms with Gasteiger partial charge in [0, 0.05) is 46.7 Å². The van der Waals surface area contributed by atoms with Crippen molar-refractivity contribution < 1.29 is 4.79 Å². The van der Waals surface area contributed by atoms with Crippen LogP contribution in [-0.4, -0.2) is 22.3 Å². The first kappa shape index (κ1) is 16.2. The van der Waals surface area contributed by atoms with Gasteiger partial charge in [0.05, 0.1) is 5.92 Å². The monoisotopic (exact) mass is 352 g/mol. The van der Waals surface area contributed by atoms with Crippen LogP contribution in [0.15, 0.2) is 48.5 Å². The summed E-state index contributed by atoms with van der Waals surface area (Å²) < 4.78 is 0. The molecule has 0 saturated heterocycles. The summed E-state index contributed by atoms with van der Waals surface area (Å²) in [5.41, 5.74) is 4.63. The molecule has 2 heterocycles. The maximum Gasteiger partial charge on any atom is 0.230 e. The Morgan fingerprint density at radius 3 is 2.80 bits per heavy atom. The zero-order chi connectivity index (χ0) is 17.4. The number of nitrogens with one attached hydrogen (secondary N) is 1. The number of benzene rings is 2. The first-order chi connectivity index (χ1) is 12.2.